The summed E-state index contributed by atoms with van der Waals surface area (Å²) in [6.07, 6.45) is 3.35. The molecule has 2 aromatic carbocycles. The second-order valence-electron chi connectivity index (χ2n) is 7.81. The van der Waals surface area contributed by atoms with Crippen LogP contribution in [-0.4, -0.2) is 20.9 Å². The van der Waals surface area contributed by atoms with E-state index in [-0.39, 0.29) is 5.91 Å². The molecule has 0 spiro atoms. The summed E-state index contributed by atoms with van der Waals surface area (Å²) in [5.41, 5.74) is 9.79. The number of rotatable bonds is 5. The second-order valence-corrected chi connectivity index (χ2v) is 8.22. The number of nitrogens with two attached hydrogens (primary N) is 1. The summed E-state index contributed by atoms with van der Waals surface area (Å²) in [5.74, 6) is 0.363. The Balaban J connectivity index is 1.59. The highest BCUT2D eigenvalue weighted by atomic mass is 35.5. The highest BCUT2D eigenvalue weighted by Crippen LogP contribution is 2.30. The van der Waals surface area contributed by atoms with E-state index in [0.717, 1.165) is 11.3 Å². The van der Waals surface area contributed by atoms with Crippen LogP contribution >= 0.6 is 11.6 Å². The molecule has 4 rings (SSSR count). The van der Waals surface area contributed by atoms with Gasteiger partial charge in [-0.05, 0) is 49.7 Å². The number of nitrogens with one attached hydrogen (secondary N) is 2. The summed E-state index contributed by atoms with van der Waals surface area (Å²) in [7, 11) is 0. The third-order valence-electron chi connectivity index (χ3n) is 4.82. The lowest BCUT2D eigenvalue weighted by atomic mass is 10.00. The number of H-pyrrole nitrogens is 1. The Bertz CT molecular complexity index is 1230. The second kappa shape index (κ2) is 8.34. The van der Waals surface area contributed by atoms with E-state index in [1.807, 2.05) is 44.2 Å². The van der Waals surface area contributed by atoms with E-state index in [1.165, 1.54) is 0 Å². The van der Waals surface area contributed by atoms with Gasteiger partial charge in [0, 0.05) is 23.0 Å². The number of anilines is 1. The number of carbonyl (C=O) groups excluding carboxylic acids is 1. The van der Waals surface area contributed by atoms with Crippen molar-refractivity contribution in [2.45, 2.75) is 19.4 Å². The number of hydrogen-bond acceptors (Lipinski definition) is 4. The number of hydrogen-bond donors (Lipinski definition) is 3. The normalized spacial score (nSPS) is 11.4. The number of carbonyl (C=O) groups is 1. The zero-order valence-electron chi connectivity index (χ0n) is 17.2. The Labute approximate surface area is 185 Å². The molecule has 0 saturated heterocycles. The number of halogens is 1. The molecule has 0 fully saturated rings. The molecular weight excluding hydrogens is 410 g/mol. The van der Waals surface area contributed by atoms with Crippen molar-refractivity contribution in [2.75, 3.05) is 5.32 Å². The minimum atomic E-state index is -0.639. The lowest BCUT2D eigenvalue weighted by Crippen LogP contribution is -2.30. The number of aromatic amines is 1. The van der Waals surface area contributed by atoms with Crippen LogP contribution in [0.1, 0.15) is 29.9 Å². The van der Waals surface area contributed by atoms with Crippen LogP contribution in [0.4, 0.5) is 5.69 Å². The van der Waals surface area contributed by atoms with Crippen molar-refractivity contribution in [1.29, 1.82) is 0 Å². The average molecular weight is 432 g/mol. The number of aromatic nitrogens is 3. The predicted octanol–water partition coefficient (Wildman–Crippen LogP) is 5.24. The average Bonchev–Trinajstić information content (AvgIpc) is 3.25. The molecular formula is C24H22ClN5O. The molecule has 0 atom stereocenters. The summed E-state index contributed by atoms with van der Waals surface area (Å²) in [4.78, 5) is 24.8. The minimum Gasteiger partial charge on any atom is -0.338 e. The van der Waals surface area contributed by atoms with Gasteiger partial charge in [-0.3, -0.25) is 9.78 Å². The fourth-order valence-electron chi connectivity index (χ4n) is 3.13. The van der Waals surface area contributed by atoms with E-state index in [1.54, 1.807) is 42.7 Å². The zero-order chi connectivity index (χ0) is 22.0. The first-order valence-corrected chi connectivity index (χ1v) is 10.2. The van der Waals surface area contributed by atoms with E-state index in [0.29, 0.717) is 33.4 Å². The van der Waals surface area contributed by atoms with Crippen molar-refractivity contribution in [1.82, 2.24) is 15.0 Å². The van der Waals surface area contributed by atoms with Gasteiger partial charge in [-0.15, -0.1) is 0 Å². The smallest absolute Gasteiger partial charge is 0.255 e. The number of nitrogens with zero attached hydrogens (tertiary/aromatic N) is 2. The number of imidazole rings is 1. The molecule has 0 unspecified atom stereocenters. The van der Waals surface area contributed by atoms with E-state index in [9.17, 15) is 4.79 Å². The van der Waals surface area contributed by atoms with Crippen LogP contribution in [0.2, 0.25) is 5.02 Å². The zero-order valence-corrected chi connectivity index (χ0v) is 17.9. The summed E-state index contributed by atoms with van der Waals surface area (Å²) < 4.78 is 0. The first-order valence-electron chi connectivity index (χ1n) is 9.78. The largest absolute Gasteiger partial charge is 0.338 e. The summed E-state index contributed by atoms with van der Waals surface area (Å²) in [6, 6.07) is 18.5. The molecule has 156 valence electrons. The molecule has 2 aromatic heterocycles. The molecule has 2 heterocycles. The molecule has 4 N–H and O–H groups in total. The van der Waals surface area contributed by atoms with E-state index < -0.39 is 5.54 Å². The van der Waals surface area contributed by atoms with Crippen LogP contribution < -0.4 is 11.1 Å². The molecule has 0 aliphatic heterocycles. The maximum atomic E-state index is 12.8. The third-order valence-corrected chi connectivity index (χ3v) is 5.15. The van der Waals surface area contributed by atoms with E-state index in [2.05, 4.69) is 20.3 Å². The van der Waals surface area contributed by atoms with Gasteiger partial charge in [-0.1, -0.05) is 41.9 Å². The van der Waals surface area contributed by atoms with Crippen LogP contribution in [0, 0.1) is 0 Å². The Kier molecular flexibility index (Phi) is 5.59. The van der Waals surface area contributed by atoms with Gasteiger partial charge >= 0.3 is 0 Å². The van der Waals surface area contributed by atoms with Crippen molar-refractivity contribution >= 4 is 23.2 Å². The Morgan fingerprint density at radius 2 is 1.84 bits per heavy atom. The topological polar surface area (TPSA) is 96.7 Å². The predicted molar refractivity (Wildman–Crippen MR) is 124 cm³/mol. The van der Waals surface area contributed by atoms with Crippen LogP contribution in [0.15, 0.2) is 73.1 Å². The molecule has 0 saturated carbocycles. The first kappa shape index (κ1) is 20.8. The Morgan fingerprint density at radius 3 is 2.58 bits per heavy atom. The summed E-state index contributed by atoms with van der Waals surface area (Å²) in [6.45, 7) is 3.69. The highest BCUT2D eigenvalue weighted by molar-refractivity contribution is 6.33. The Hall–Kier alpha value is -3.48. The molecule has 4 aromatic rings. The third kappa shape index (κ3) is 4.66. The van der Waals surface area contributed by atoms with Gasteiger partial charge in [0.15, 0.2) is 0 Å². The van der Waals surface area contributed by atoms with Crippen LogP contribution in [0.25, 0.3) is 22.6 Å². The minimum absolute atomic E-state index is 0.259. The standard InChI is InChI=1S/C24H22ClN5O/c1-24(2,26)21-12-16(10-11-27-21)23(31)29-17-8-9-19(25)18(13-17)22-28-14-20(30-22)15-6-4-3-5-7-15/h3-14H,26H2,1-2H3,(H,28,30)(H,29,31). The van der Waals surface area contributed by atoms with Crippen LogP contribution in [0.3, 0.4) is 0 Å². The summed E-state index contributed by atoms with van der Waals surface area (Å²) in [5, 5.41) is 3.44. The number of benzene rings is 2. The van der Waals surface area contributed by atoms with Gasteiger partial charge in [-0.2, -0.15) is 0 Å². The highest BCUT2D eigenvalue weighted by Gasteiger charge is 2.18. The van der Waals surface area contributed by atoms with Crippen LogP contribution in [-0.2, 0) is 5.54 Å². The lowest BCUT2D eigenvalue weighted by molar-refractivity contribution is 0.102. The quantitative estimate of drug-likeness (QED) is 0.402. The maximum Gasteiger partial charge on any atom is 0.255 e. The van der Waals surface area contributed by atoms with Gasteiger partial charge in [0.25, 0.3) is 5.91 Å². The number of amides is 1. The fraction of sp³-hybridized carbons (Fsp3) is 0.125. The fourth-order valence-corrected chi connectivity index (χ4v) is 3.34. The maximum absolute atomic E-state index is 12.8. The van der Waals surface area contributed by atoms with Crippen LogP contribution in [0.5, 0.6) is 0 Å². The molecule has 7 heteroatoms. The van der Waals surface area contributed by atoms with Gasteiger partial charge in [-0.25, -0.2) is 4.98 Å². The van der Waals surface area contributed by atoms with Crippen molar-refractivity contribution in [3.05, 3.63) is 89.3 Å². The van der Waals surface area contributed by atoms with Gasteiger partial charge in [0.1, 0.15) is 5.82 Å². The Morgan fingerprint density at radius 1 is 1.06 bits per heavy atom. The monoisotopic (exact) mass is 431 g/mol. The number of pyridine rings is 1. The van der Waals surface area contributed by atoms with Crippen molar-refractivity contribution in [2.24, 2.45) is 5.73 Å². The SMILES string of the molecule is CC(C)(N)c1cc(C(=O)Nc2ccc(Cl)c(-c3ncc(-c4ccccc4)[nH]3)c2)ccn1. The first-order chi connectivity index (χ1) is 14.8. The van der Waals surface area contributed by atoms with Gasteiger partial charge < -0.3 is 16.0 Å². The molecule has 1 amide bonds. The molecule has 6 nitrogen and oxygen atoms in total. The molecule has 0 radical (unpaired) electrons. The summed E-state index contributed by atoms with van der Waals surface area (Å²) >= 11 is 6.42. The molecule has 0 aliphatic carbocycles. The van der Waals surface area contributed by atoms with Gasteiger partial charge in [0.2, 0.25) is 0 Å². The van der Waals surface area contributed by atoms with Crippen molar-refractivity contribution in [3.63, 3.8) is 0 Å². The molecule has 0 aliphatic rings. The lowest BCUT2D eigenvalue weighted by Gasteiger charge is -2.18. The molecule has 31 heavy (non-hydrogen) atoms. The van der Waals surface area contributed by atoms with Crippen molar-refractivity contribution in [3.8, 4) is 22.6 Å². The van der Waals surface area contributed by atoms with E-state index >= 15 is 0 Å². The van der Waals surface area contributed by atoms with Crippen molar-refractivity contribution < 1.29 is 4.79 Å². The molecule has 0 bridgehead atoms. The van der Waals surface area contributed by atoms with E-state index in [4.69, 9.17) is 17.3 Å². The van der Waals surface area contributed by atoms with Gasteiger partial charge in [0.05, 0.1) is 28.1 Å².